The molecule has 0 saturated heterocycles. The number of methoxy groups -OCH3 is 1. The number of phenols is 1. The van der Waals surface area contributed by atoms with Crippen LogP contribution in [0.25, 0.3) is 11.1 Å². The minimum atomic E-state index is -0.753. The van der Waals surface area contributed by atoms with Crippen LogP contribution in [0.1, 0.15) is 15.9 Å². The number of benzene rings is 2. The highest BCUT2D eigenvalue weighted by molar-refractivity contribution is 5.90. The van der Waals surface area contributed by atoms with Gasteiger partial charge in [-0.1, -0.05) is 12.1 Å². The van der Waals surface area contributed by atoms with Gasteiger partial charge >= 0.3 is 5.97 Å². The molecular weight excluding hydrogens is 261 g/mol. The fourth-order valence-corrected chi connectivity index (χ4v) is 1.78. The van der Waals surface area contributed by atoms with Gasteiger partial charge in [-0.15, -0.1) is 0 Å². The molecule has 1 N–H and O–H groups in total. The molecule has 5 heteroatoms. The second-order valence-corrected chi connectivity index (χ2v) is 4.03. The number of aromatic hydroxyl groups is 1. The second-order valence-electron chi connectivity index (χ2n) is 4.03. The molecule has 0 aromatic heterocycles. The van der Waals surface area contributed by atoms with Crippen molar-refractivity contribution in [3.05, 3.63) is 53.3 Å². The molecule has 2 aromatic carbocycles. The molecule has 0 fully saturated rings. The summed E-state index contributed by atoms with van der Waals surface area (Å²) in [6.07, 6.45) is 0. The maximum absolute atomic E-state index is 13.8. The summed E-state index contributed by atoms with van der Waals surface area (Å²) in [6.45, 7) is 0. The van der Waals surface area contributed by atoms with Crippen LogP contribution in [0.2, 0.25) is 0 Å². The van der Waals surface area contributed by atoms with Crippen molar-refractivity contribution in [2.24, 2.45) is 0 Å². The first-order valence-corrected chi connectivity index (χ1v) is 5.68. The van der Waals surface area contributed by atoms with Gasteiger partial charge in [0.15, 0.2) is 0 Å². The molecule has 0 saturated carbocycles. The summed E-state index contributed by atoms with van der Waals surface area (Å²) in [5.41, 5.74) is 1.00. The fourth-order valence-electron chi connectivity index (χ4n) is 1.78. The van der Waals surface area contributed by atoms with Crippen molar-refractivity contribution >= 4 is 5.97 Å². The smallest absolute Gasteiger partial charge is 0.340 e. The second kappa shape index (κ2) is 5.41. The van der Waals surface area contributed by atoms with Crippen LogP contribution < -0.4 is 0 Å². The zero-order valence-corrected chi connectivity index (χ0v) is 10.6. The van der Waals surface area contributed by atoms with Gasteiger partial charge in [0.2, 0.25) is 0 Å². The number of carbonyl (C=O) groups excluding carboxylic acids is 1. The van der Waals surface area contributed by atoms with Crippen LogP contribution in [0.3, 0.4) is 0 Å². The predicted octanol–water partition coefficient (Wildman–Crippen LogP) is 2.86. The van der Waals surface area contributed by atoms with E-state index in [0.29, 0.717) is 11.1 Å². The lowest BCUT2D eigenvalue weighted by molar-refractivity contribution is 0.0595. The van der Waals surface area contributed by atoms with Crippen LogP contribution in [0, 0.1) is 17.1 Å². The number of phenolic OH excluding ortho intramolecular Hbond substituents is 1. The Morgan fingerprint density at radius 1 is 1.25 bits per heavy atom. The Morgan fingerprint density at radius 2 is 1.90 bits per heavy atom. The number of rotatable bonds is 2. The highest BCUT2D eigenvalue weighted by Crippen LogP contribution is 2.27. The maximum Gasteiger partial charge on any atom is 0.340 e. The van der Waals surface area contributed by atoms with E-state index >= 15 is 0 Å². The Hall–Kier alpha value is -2.87. The monoisotopic (exact) mass is 271 g/mol. The number of ether oxygens (including phenoxy) is 1. The van der Waals surface area contributed by atoms with Gasteiger partial charge in [-0.05, 0) is 35.4 Å². The Balaban J connectivity index is 2.45. The number of hydrogen-bond donors (Lipinski definition) is 1. The highest BCUT2D eigenvalue weighted by atomic mass is 19.1. The third-order valence-electron chi connectivity index (χ3n) is 2.83. The van der Waals surface area contributed by atoms with Crippen LogP contribution in [0.5, 0.6) is 5.75 Å². The quantitative estimate of drug-likeness (QED) is 0.852. The molecule has 100 valence electrons. The first kappa shape index (κ1) is 13.6. The molecule has 0 aliphatic rings. The summed E-state index contributed by atoms with van der Waals surface area (Å²) in [5.74, 6) is -1.64. The van der Waals surface area contributed by atoms with Crippen molar-refractivity contribution in [2.45, 2.75) is 0 Å². The molecule has 0 spiro atoms. The standard InChI is InChI=1S/C15H10FNO3/c1-20-15(19)12-5-4-9(6-13(12)16)10-2-3-11(8-17)14(18)7-10/h2-7,18H,1H3. The largest absolute Gasteiger partial charge is 0.507 e. The van der Waals surface area contributed by atoms with Gasteiger partial charge < -0.3 is 9.84 Å². The van der Waals surface area contributed by atoms with E-state index in [1.807, 2.05) is 6.07 Å². The average molecular weight is 271 g/mol. The van der Waals surface area contributed by atoms with E-state index in [9.17, 15) is 14.3 Å². The third kappa shape index (κ3) is 2.45. The third-order valence-corrected chi connectivity index (χ3v) is 2.83. The Kier molecular flexibility index (Phi) is 3.67. The number of carbonyl (C=O) groups is 1. The summed E-state index contributed by atoms with van der Waals surface area (Å²) < 4.78 is 18.3. The molecule has 0 heterocycles. The van der Waals surface area contributed by atoms with Crippen LogP contribution in [-0.2, 0) is 4.74 Å². The summed E-state index contributed by atoms with van der Waals surface area (Å²) in [4.78, 5) is 11.3. The molecule has 0 aliphatic heterocycles. The minimum absolute atomic E-state index is 0.139. The lowest BCUT2D eigenvalue weighted by Crippen LogP contribution is -2.04. The highest BCUT2D eigenvalue weighted by Gasteiger charge is 2.13. The Labute approximate surface area is 114 Å². The topological polar surface area (TPSA) is 70.3 Å². The molecule has 0 bridgehead atoms. The summed E-state index contributed by atoms with van der Waals surface area (Å²) in [7, 11) is 1.17. The Bertz CT molecular complexity index is 720. The van der Waals surface area contributed by atoms with Crippen LogP contribution in [-0.4, -0.2) is 18.2 Å². The molecule has 0 amide bonds. The van der Waals surface area contributed by atoms with E-state index in [2.05, 4.69) is 4.74 Å². The van der Waals surface area contributed by atoms with Gasteiger partial charge in [0, 0.05) is 0 Å². The van der Waals surface area contributed by atoms with E-state index in [1.54, 1.807) is 6.07 Å². The Morgan fingerprint density at radius 3 is 2.45 bits per heavy atom. The molecule has 4 nitrogen and oxygen atoms in total. The van der Waals surface area contributed by atoms with Crippen LogP contribution in [0.15, 0.2) is 36.4 Å². The average Bonchev–Trinajstić information content (AvgIpc) is 2.46. The number of hydrogen-bond acceptors (Lipinski definition) is 4. The molecule has 0 atom stereocenters. The first-order chi connectivity index (χ1) is 9.56. The minimum Gasteiger partial charge on any atom is -0.507 e. The van der Waals surface area contributed by atoms with Crippen molar-refractivity contribution in [2.75, 3.05) is 7.11 Å². The number of halogens is 1. The molecular formula is C15H10FNO3. The van der Waals surface area contributed by atoms with E-state index in [1.165, 1.54) is 37.4 Å². The van der Waals surface area contributed by atoms with E-state index in [4.69, 9.17) is 5.26 Å². The van der Waals surface area contributed by atoms with Crippen LogP contribution in [0.4, 0.5) is 4.39 Å². The molecule has 0 aliphatic carbocycles. The van der Waals surface area contributed by atoms with Crippen molar-refractivity contribution in [1.82, 2.24) is 0 Å². The SMILES string of the molecule is COC(=O)c1ccc(-c2ccc(C#N)c(O)c2)cc1F. The van der Waals surface area contributed by atoms with Crippen LogP contribution >= 0.6 is 0 Å². The molecule has 2 rings (SSSR count). The van der Waals surface area contributed by atoms with Crippen molar-refractivity contribution in [3.8, 4) is 22.9 Å². The zero-order valence-electron chi connectivity index (χ0n) is 10.6. The van der Waals surface area contributed by atoms with Crippen molar-refractivity contribution in [3.63, 3.8) is 0 Å². The predicted molar refractivity (Wildman–Crippen MR) is 69.6 cm³/mol. The molecule has 0 unspecified atom stereocenters. The van der Waals surface area contributed by atoms with Gasteiger partial charge in [-0.3, -0.25) is 0 Å². The van der Waals surface area contributed by atoms with Gasteiger partial charge in [-0.2, -0.15) is 5.26 Å². The number of nitrogens with zero attached hydrogens (tertiary/aromatic N) is 1. The van der Waals surface area contributed by atoms with Gasteiger partial charge in [0.1, 0.15) is 17.6 Å². The van der Waals surface area contributed by atoms with Gasteiger partial charge in [0.25, 0.3) is 0 Å². The van der Waals surface area contributed by atoms with Gasteiger partial charge in [0.05, 0.1) is 18.2 Å². The summed E-state index contributed by atoms with van der Waals surface area (Å²) in [6, 6.07) is 10.3. The lowest BCUT2D eigenvalue weighted by atomic mass is 10.0. The number of nitriles is 1. The van der Waals surface area contributed by atoms with Crippen molar-refractivity contribution in [1.29, 1.82) is 5.26 Å². The van der Waals surface area contributed by atoms with Gasteiger partial charge in [-0.25, -0.2) is 9.18 Å². The summed E-state index contributed by atoms with van der Waals surface area (Å²) >= 11 is 0. The molecule has 0 radical (unpaired) electrons. The number of esters is 1. The molecule has 2 aromatic rings. The fraction of sp³-hybridized carbons (Fsp3) is 0.0667. The van der Waals surface area contributed by atoms with E-state index in [0.717, 1.165) is 0 Å². The first-order valence-electron chi connectivity index (χ1n) is 5.68. The molecule has 20 heavy (non-hydrogen) atoms. The van der Waals surface area contributed by atoms with E-state index < -0.39 is 11.8 Å². The normalized spacial score (nSPS) is 9.85. The van der Waals surface area contributed by atoms with E-state index in [-0.39, 0.29) is 16.9 Å². The van der Waals surface area contributed by atoms with Crippen molar-refractivity contribution < 1.29 is 19.0 Å². The maximum atomic E-state index is 13.8. The summed E-state index contributed by atoms with van der Waals surface area (Å²) in [5, 5.41) is 18.3. The zero-order chi connectivity index (χ0) is 14.7. The lowest BCUT2D eigenvalue weighted by Gasteiger charge is -2.06.